The minimum atomic E-state index is 0.579. The summed E-state index contributed by atoms with van der Waals surface area (Å²) in [4.78, 5) is 4.23. The second kappa shape index (κ2) is 4.70. The van der Waals surface area contributed by atoms with Gasteiger partial charge in [-0.2, -0.15) is 0 Å². The number of nitrogens with zero attached hydrogens (tertiary/aromatic N) is 1. The third-order valence-corrected chi connectivity index (χ3v) is 2.52. The quantitative estimate of drug-likeness (QED) is 0.638. The molecular formula is C11H9Cl2N3. The number of nitrogens with two attached hydrogens (primary N) is 1. The summed E-state index contributed by atoms with van der Waals surface area (Å²) in [7, 11) is 0. The van der Waals surface area contributed by atoms with Crippen molar-refractivity contribution in [2.45, 2.75) is 0 Å². The van der Waals surface area contributed by atoms with E-state index in [-0.39, 0.29) is 0 Å². The highest BCUT2D eigenvalue weighted by Crippen LogP contribution is 2.26. The number of hydrogen-bond acceptors (Lipinski definition) is 3. The van der Waals surface area contributed by atoms with Crippen LogP contribution in [0.15, 0.2) is 36.5 Å². The highest BCUT2D eigenvalue weighted by atomic mass is 35.5. The van der Waals surface area contributed by atoms with Crippen LogP contribution in [0.2, 0.25) is 10.0 Å². The first kappa shape index (κ1) is 11.2. The van der Waals surface area contributed by atoms with Gasteiger partial charge in [-0.25, -0.2) is 0 Å². The van der Waals surface area contributed by atoms with E-state index in [4.69, 9.17) is 29.0 Å². The molecule has 1 heterocycles. The fourth-order valence-electron chi connectivity index (χ4n) is 1.38. The van der Waals surface area contributed by atoms with E-state index < -0.39 is 0 Å². The molecule has 0 unspecified atom stereocenters. The molecular weight excluding hydrogens is 245 g/mol. The maximum Gasteiger partial charge on any atom is 0.0724 e. The van der Waals surface area contributed by atoms with Gasteiger partial charge in [0.2, 0.25) is 0 Å². The van der Waals surface area contributed by atoms with Gasteiger partial charge in [0, 0.05) is 21.8 Å². The van der Waals surface area contributed by atoms with Crippen LogP contribution in [0, 0.1) is 0 Å². The van der Waals surface area contributed by atoms with E-state index in [1.54, 1.807) is 30.5 Å². The van der Waals surface area contributed by atoms with Gasteiger partial charge in [-0.1, -0.05) is 23.2 Å². The van der Waals surface area contributed by atoms with Crippen molar-refractivity contribution in [3.05, 3.63) is 46.6 Å². The molecule has 3 nitrogen and oxygen atoms in total. The number of rotatable bonds is 2. The first-order chi connectivity index (χ1) is 7.69. The minimum Gasteiger partial charge on any atom is -0.324 e. The van der Waals surface area contributed by atoms with Crippen molar-refractivity contribution in [1.29, 1.82) is 0 Å². The van der Waals surface area contributed by atoms with E-state index in [0.29, 0.717) is 10.0 Å². The average molecular weight is 254 g/mol. The molecule has 0 aliphatic heterocycles. The maximum atomic E-state index is 5.92. The largest absolute Gasteiger partial charge is 0.324 e. The third-order valence-electron chi connectivity index (χ3n) is 2.08. The molecule has 0 atom stereocenters. The number of aromatic nitrogens is 1. The highest BCUT2D eigenvalue weighted by molar-refractivity contribution is 6.35. The van der Waals surface area contributed by atoms with Gasteiger partial charge >= 0.3 is 0 Å². The fraction of sp³-hybridized carbons (Fsp3) is 0. The van der Waals surface area contributed by atoms with Gasteiger partial charge in [-0.15, -0.1) is 0 Å². The van der Waals surface area contributed by atoms with E-state index in [2.05, 4.69) is 10.4 Å². The Morgan fingerprint density at radius 3 is 2.38 bits per heavy atom. The van der Waals surface area contributed by atoms with Gasteiger partial charge in [0.15, 0.2) is 0 Å². The van der Waals surface area contributed by atoms with Gasteiger partial charge in [-0.05, 0) is 30.3 Å². The van der Waals surface area contributed by atoms with E-state index in [1.165, 1.54) is 0 Å². The summed E-state index contributed by atoms with van der Waals surface area (Å²) in [6, 6.07) is 8.88. The van der Waals surface area contributed by atoms with Crippen LogP contribution in [0.25, 0.3) is 11.3 Å². The van der Waals surface area contributed by atoms with E-state index in [1.807, 2.05) is 6.07 Å². The molecule has 0 amide bonds. The number of hydrogen-bond donors (Lipinski definition) is 2. The molecule has 82 valence electrons. The van der Waals surface area contributed by atoms with Gasteiger partial charge in [-0.3, -0.25) is 10.8 Å². The molecule has 16 heavy (non-hydrogen) atoms. The van der Waals surface area contributed by atoms with Crippen molar-refractivity contribution in [2.24, 2.45) is 5.84 Å². The lowest BCUT2D eigenvalue weighted by Crippen LogP contribution is -2.06. The Morgan fingerprint density at radius 2 is 1.75 bits per heavy atom. The molecule has 0 aliphatic carbocycles. The highest BCUT2D eigenvalue weighted by Gasteiger charge is 2.03. The Hall–Kier alpha value is -1.29. The first-order valence-electron chi connectivity index (χ1n) is 4.58. The summed E-state index contributed by atoms with van der Waals surface area (Å²) in [6.07, 6.45) is 1.67. The van der Waals surface area contributed by atoms with Gasteiger partial charge in [0.05, 0.1) is 11.4 Å². The SMILES string of the molecule is NNc1ccnc(-c2cc(Cl)cc(Cl)c2)c1. The molecule has 0 aliphatic rings. The first-order valence-corrected chi connectivity index (χ1v) is 5.34. The fourth-order valence-corrected chi connectivity index (χ4v) is 1.91. The van der Waals surface area contributed by atoms with Crippen molar-refractivity contribution in [3.8, 4) is 11.3 Å². The summed E-state index contributed by atoms with van der Waals surface area (Å²) in [5, 5.41) is 1.16. The van der Waals surface area contributed by atoms with E-state index in [9.17, 15) is 0 Å². The zero-order valence-corrected chi connectivity index (χ0v) is 9.76. The third kappa shape index (κ3) is 2.44. The number of benzene rings is 1. The number of halogens is 2. The average Bonchev–Trinajstić information content (AvgIpc) is 2.28. The predicted octanol–water partition coefficient (Wildman–Crippen LogP) is 3.34. The van der Waals surface area contributed by atoms with Gasteiger partial charge in [0.25, 0.3) is 0 Å². The van der Waals surface area contributed by atoms with Crippen LogP contribution >= 0.6 is 23.2 Å². The van der Waals surface area contributed by atoms with Crippen molar-refractivity contribution < 1.29 is 0 Å². The smallest absolute Gasteiger partial charge is 0.0724 e. The maximum absolute atomic E-state index is 5.92. The molecule has 0 bridgehead atoms. The molecule has 5 heteroatoms. The number of hydrazine groups is 1. The van der Waals surface area contributed by atoms with Crippen LogP contribution in [0.4, 0.5) is 5.69 Å². The molecule has 3 N–H and O–H groups in total. The van der Waals surface area contributed by atoms with Crippen molar-refractivity contribution in [3.63, 3.8) is 0 Å². The minimum absolute atomic E-state index is 0.579. The molecule has 0 spiro atoms. The van der Waals surface area contributed by atoms with Crippen LogP contribution in [-0.2, 0) is 0 Å². The van der Waals surface area contributed by atoms with E-state index >= 15 is 0 Å². The lowest BCUT2D eigenvalue weighted by atomic mass is 10.1. The Morgan fingerprint density at radius 1 is 1.06 bits per heavy atom. The summed E-state index contributed by atoms with van der Waals surface area (Å²) >= 11 is 11.8. The monoisotopic (exact) mass is 253 g/mol. The number of nitrogens with one attached hydrogen (secondary N) is 1. The summed E-state index contributed by atoms with van der Waals surface area (Å²) in [6.45, 7) is 0. The molecule has 0 radical (unpaired) electrons. The van der Waals surface area contributed by atoms with Crippen molar-refractivity contribution in [1.82, 2.24) is 4.98 Å². The molecule has 0 fully saturated rings. The summed E-state index contributed by atoms with van der Waals surface area (Å²) < 4.78 is 0. The molecule has 0 saturated heterocycles. The van der Waals surface area contributed by atoms with Crippen LogP contribution in [0.1, 0.15) is 0 Å². The molecule has 2 aromatic rings. The van der Waals surface area contributed by atoms with Crippen LogP contribution < -0.4 is 11.3 Å². The molecule has 2 rings (SSSR count). The van der Waals surface area contributed by atoms with E-state index in [0.717, 1.165) is 16.9 Å². The van der Waals surface area contributed by atoms with Gasteiger partial charge < -0.3 is 5.43 Å². The Bertz CT molecular complexity index is 494. The second-order valence-corrected chi connectivity index (χ2v) is 4.11. The Labute approximate surface area is 103 Å². The van der Waals surface area contributed by atoms with Gasteiger partial charge in [0.1, 0.15) is 0 Å². The zero-order valence-electron chi connectivity index (χ0n) is 8.24. The zero-order chi connectivity index (χ0) is 11.5. The number of nitrogen functional groups attached to an aromatic ring is 1. The van der Waals surface area contributed by atoms with Crippen LogP contribution in [-0.4, -0.2) is 4.98 Å². The number of anilines is 1. The lowest BCUT2D eigenvalue weighted by molar-refractivity contribution is 1.28. The second-order valence-electron chi connectivity index (χ2n) is 3.23. The van der Waals surface area contributed by atoms with Crippen LogP contribution in [0.3, 0.4) is 0 Å². The summed E-state index contributed by atoms with van der Waals surface area (Å²) in [5.41, 5.74) is 4.96. The number of pyridine rings is 1. The standard InChI is InChI=1S/C11H9Cl2N3/c12-8-3-7(4-9(13)5-8)11-6-10(16-14)1-2-15-11/h1-6H,14H2,(H,15,16). The lowest BCUT2D eigenvalue weighted by Gasteiger charge is -2.05. The predicted molar refractivity (Wildman–Crippen MR) is 67.5 cm³/mol. The molecule has 1 aromatic heterocycles. The Kier molecular flexibility index (Phi) is 3.29. The summed E-state index contributed by atoms with van der Waals surface area (Å²) in [5.74, 6) is 5.33. The van der Waals surface area contributed by atoms with Crippen molar-refractivity contribution >= 4 is 28.9 Å². The Balaban J connectivity index is 2.49. The topological polar surface area (TPSA) is 50.9 Å². The van der Waals surface area contributed by atoms with Crippen molar-refractivity contribution in [2.75, 3.05) is 5.43 Å². The molecule has 0 saturated carbocycles. The normalized spacial score (nSPS) is 10.2. The molecule has 1 aromatic carbocycles. The van der Waals surface area contributed by atoms with Crippen LogP contribution in [0.5, 0.6) is 0 Å².